The molecule has 1 amide bonds. The molecule has 1 fully saturated rings. The molecule has 0 unspecified atom stereocenters. The zero-order valence-corrected chi connectivity index (χ0v) is 14.5. The van der Waals surface area contributed by atoms with Gasteiger partial charge in [-0.2, -0.15) is 0 Å². The molecular formula is C17H22ClFN4O. The summed E-state index contributed by atoms with van der Waals surface area (Å²) in [6.45, 7) is 5.93. The van der Waals surface area contributed by atoms with E-state index >= 15 is 0 Å². The predicted octanol–water partition coefficient (Wildman–Crippen LogP) is 2.36. The summed E-state index contributed by atoms with van der Waals surface area (Å²) in [6, 6.07) is 6.12. The van der Waals surface area contributed by atoms with E-state index in [1.807, 2.05) is 17.3 Å². The number of rotatable bonds is 4. The molecule has 1 aliphatic rings. The lowest BCUT2D eigenvalue weighted by Gasteiger charge is -2.35. The van der Waals surface area contributed by atoms with Crippen molar-refractivity contribution in [2.75, 3.05) is 31.1 Å². The maximum absolute atomic E-state index is 12.9. The number of imidazole rings is 1. The van der Waals surface area contributed by atoms with E-state index in [0.29, 0.717) is 19.5 Å². The molecule has 0 radical (unpaired) electrons. The van der Waals surface area contributed by atoms with Crippen LogP contribution in [-0.4, -0.2) is 46.5 Å². The minimum Gasteiger partial charge on any atom is -0.339 e. The van der Waals surface area contributed by atoms with Crippen molar-refractivity contribution in [2.24, 2.45) is 0 Å². The first-order chi connectivity index (χ1) is 11.2. The Balaban J connectivity index is 0.00000208. The van der Waals surface area contributed by atoms with E-state index in [2.05, 4.69) is 21.4 Å². The quantitative estimate of drug-likeness (QED) is 0.848. The lowest BCUT2D eigenvalue weighted by Crippen LogP contribution is -2.49. The van der Waals surface area contributed by atoms with E-state index in [1.165, 1.54) is 12.1 Å². The molecule has 1 aliphatic heterocycles. The van der Waals surface area contributed by atoms with Gasteiger partial charge in [0.15, 0.2) is 0 Å². The van der Waals surface area contributed by atoms with E-state index < -0.39 is 0 Å². The van der Waals surface area contributed by atoms with Gasteiger partial charge in [0.05, 0.1) is 6.42 Å². The van der Waals surface area contributed by atoms with Crippen LogP contribution in [0.1, 0.15) is 12.5 Å². The van der Waals surface area contributed by atoms with E-state index in [9.17, 15) is 9.18 Å². The number of anilines is 1. The maximum atomic E-state index is 12.9. The number of halogens is 2. The molecule has 2 aromatic rings. The fourth-order valence-electron chi connectivity index (χ4n) is 2.88. The number of aryl methyl sites for hydroxylation is 1. The van der Waals surface area contributed by atoms with Crippen LogP contribution in [0.15, 0.2) is 36.7 Å². The van der Waals surface area contributed by atoms with Crippen LogP contribution in [0.25, 0.3) is 0 Å². The second kappa shape index (κ2) is 8.15. The molecule has 0 aliphatic carbocycles. The van der Waals surface area contributed by atoms with Crippen molar-refractivity contribution in [1.82, 2.24) is 14.5 Å². The van der Waals surface area contributed by atoms with E-state index in [0.717, 1.165) is 31.1 Å². The minimum absolute atomic E-state index is 0. The van der Waals surface area contributed by atoms with Gasteiger partial charge in [0, 0.05) is 45.1 Å². The Labute approximate surface area is 147 Å². The van der Waals surface area contributed by atoms with Crippen molar-refractivity contribution in [1.29, 1.82) is 0 Å². The minimum atomic E-state index is -0.277. The van der Waals surface area contributed by atoms with Crippen molar-refractivity contribution in [3.05, 3.63) is 48.0 Å². The Hall–Kier alpha value is -2.08. The normalized spacial score (nSPS) is 14.4. The number of amides is 1. The number of carbonyl (C=O) groups excluding carboxylic acids is 1. The van der Waals surface area contributed by atoms with E-state index in [1.54, 1.807) is 12.1 Å². The third kappa shape index (κ3) is 4.06. The average molecular weight is 353 g/mol. The second-order valence-corrected chi connectivity index (χ2v) is 5.68. The molecular weight excluding hydrogens is 331 g/mol. The molecule has 0 spiro atoms. The van der Waals surface area contributed by atoms with Crippen molar-refractivity contribution >= 4 is 24.3 Å². The summed E-state index contributed by atoms with van der Waals surface area (Å²) in [5.74, 6) is 0.787. The number of hydrogen-bond acceptors (Lipinski definition) is 3. The lowest BCUT2D eigenvalue weighted by atomic mass is 10.1. The molecule has 7 heteroatoms. The highest BCUT2D eigenvalue weighted by Crippen LogP contribution is 2.15. The molecule has 130 valence electrons. The third-order valence-electron chi connectivity index (χ3n) is 4.22. The molecule has 2 heterocycles. The summed E-state index contributed by atoms with van der Waals surface area (Å²) in [6.07, 6.45) is 4.11. The topological polar surface area (TPSA) is 41.4 Å². The van der Waals surface area contributed by atoms with Crippen molar-refractivity contribution in [3.63, 3.8) is 0 Å². The van der Waals surface area contributed by atoms with Gasteiger partial charge in [-0.1, -0.05) is 12.1 Å². The fraction of sp³-hybridized carbons (Fsp3) is 0.412. The number of aromatic nitrogens is 2. The highest BCUT2D eigenvalue weighted by Gasteiger charge is 2.23. The summed E-state index contributed by atoms with van der Waals surface area (Å²) in [5, 5.41) is 0. The monoisotopic (exact) mass is 352 g/mol. The van der Waals surface area contributed by atoms with Crippen molar-refractivity contribution < 1.29 is 9.18 Å². The lowest BCUT2D eigenvalue weighted by molar-refractivity contribution is -0.130. The smallest absolute Gasteiger partial charge is 0.227 e. The van der Waals surface area contributed by atoms with Crippen LogP contribution < -0.4 is 4.90 Å². The average Bonchev–Trinajstić information content (AvgIpc) is 3.06. The Morgan fingerprint density at radius 2 is 1.83 bits per heavy atom. The van der Waals surface area contributed by atoms with Gasteiger partial charge >= 0.3 is 0 Å². The molecule has 0 saturated carbocycles. The molecule has 1 aromatic carbocycles. The van der Waals surface area contributed by atoms with Crippen molar-refractivity contribution in [3.8, 4) is 0 Å². The predicted molar refractivity (Wildman–Crippen MR) is 94.0 cm³/mol. The molecule has 0 N–H and O–H groups in total. The van der Waals surface area contributed by atoms with Gasteiger partial charge in [-0.3, -0.25) is 4.79 Å². The number of benzene rings is 1. The zero-order valence-electron chi connectivity index (χ0n) is 13.7. The standard InChI is InChI=1S/C17H21FN4O.ClH/c1-2-20-8-7-19-17(20)22-11-9-21(10-12-22)16(23)13-14-3-5-15(18)6-4-14;/h3-8H,2,9-13H2,1H3;1H. The fourth-order valence-corrected chi connectivity index (χ4v) is 2.88. The Bertz CT molecular complexity index is 665. The number of hydrogen-bond donors (Lipinski definition) is 0. The van der Waals surface area contributed by atoms with Gasteiger partial charge in [0.2, 0.25) is 11.9 Å². The second-order valence-electron chi connectivity index (χ2n) is 5.68. The van der Waals surface area contributed by atoms with Gasteiger partial charge in [-0.25, -0.2) is 9.37 Å². The molecule has 1 aromatic heterocycles. The largest absolute Gasteiger partial charge is 0.339 e. The third-order valence-corrected chi connectivity index (χ3v) is 4.22. The van der Waals surface area contributed by atoms with Gasteiger partial charge < -0.3 is 14.4 Å². The van der Waals surface area contributed by atoms with Gasteiger partial charge in [-0.05, 0) is 24.6 Å². The first kappa shape index (κ1) is 18.3. The molecule has 1 saturated heterocycles. The van der Waals surface area contributed by atoms with Crippen LogP contribution >= 0.6 is 12.4 Å². The summed E-state index contributed by atoms with van der Waals surface area (Å²) in [7, 11) is 0. The first-order valence-electron chi connectivity index (χ1n) is 7.95. The Morgan fingerprint density at radius 1 is 1.17 bits per heavy atom. The first-order valence-corrected chi connectivity index (χ1v) is 7.95. The summed E-state index contributed by atoms with van der Waals surface area (Å²) in [5.41, 5.74) is 0.848. The maximum Gasteiger partial charge on any atom is 0.227 e. The van der Waals surface area contributed by atoms with Crippen LogP contribution in [0.3, 0.4) is 0 Å². The zero-order chi connectivity index (χ0) is 16.2. The van der Waals surface area contributed by atoms with Crippen LogP contribution in [0, 0.1) is 5.82 Å². The Morgan fingerprint density at radius 3 is 2.46 bits per heavy atom. The van der Waals surface area contributed by atoms with Crippen LogP contribution in [-0.2, 0) is 17.8 Å². The van der Waals surface area contributed by atoms with Gasteiger partial charge in [0.25, 0.3) is 0 Å². The summed E-state index contributed by atoms with van der Waals surface area (Å²) in [4.78, 5) is 20.9. The van der Waals surface area contributed by atoms with Crippen LogP contribution in [0.2, 0.25) is 0 Å². The number of piperazine rings is 1. The number of nitrogens with zero attached hydrogens (tertiary/aromatic N) is 4. The van der Waals surface area contributed by atoms with Gasteiger partial charge in [-0.15, -0.1) is 12.4 Å². The molecule has 0 atom stereocenters. The van der Waals surface area contributed by atoms with E-state index in [-0.39, 0.29) is 24.1 Å². The summed E-state index contributed by atoms with van der Waals surface area (Å²) < 4.78 is 15.0. The van der Waals surface area contributed by atoms with E-state index in [4.69, 9.17) is 0 Å². The molecule has 24 heavy (non-hydrogen) atoms. The van der Waals surface area contributed by atoms with Crippen molar-refractivity contribution in [2.45, 2.75) is 19.9 Å². The van der Waals surface area contributed by atoms with Crippen LogP contribution in [0.5, 0.6) is 0 Å². The summed E-state index contributed by atoms with van der Waals surface area (Å²) >= 11 is 0. The Kier molecular flexibility index (Phi) is 6.20. The molecule has 3 rings (SSSR count). The SMILES string of the molecule is CCn1ccnc1N1CCN(C(=O)Cc2ccc(F)cc2)CC1.Cl. The molecule has 5 nitrogen and oxygen atoms in total. The highest BCUT2D eigenvalue weighted by atomic mass is 35.5. The molecule has 0 bridgehead atoms. The number of carbonyl (C=O) groups is 1. The van der Waals surface area contributed by atoms with Gasteiger partial charge in [0.1, 0.15) is 5.82 Å². The van der Waals surface area contributed by atoms with Crippen LogP contribution in [0.4, 0.5) is 10.3 Å². The highest BCUT2D eigenvalue weighted by molar-refractivity contribution is 5.85.